The lowest BCUT2D eigenvalue weighted by Gasteiger charge is -2.16. The van der Waals surface area contributed by atoms with E-state index in [0.29, 0.717) is 16.3 Å². The molecule has 0 aromatic heterocycles. The van der Waals surface area contributed by atoms with Crippen molar-refractivity contribution in [2.75, 3.05) is 13.6 Å². The summed E-state index contributed by atoms with van der Waals surface area (Å²) in [6.07, 6.45) is 0. The van der Waals surface area contributed by atoms with E-state index in [1.807, 2.05) is 6.92 Å². The van der Waals surface area contributed by atoms with E-state index in [0.717, 1.165) is 9.87 Å². The molecule has 1 amide bonds. The fourth-order valence-corrected chi connectivity index (χ4v) is 3.51. The maximum absolute atomic E-state index is 12.5. The number of aryl methyl sites for hydroxylation is 1. The Bertz CT molecular complexity index is 973. The number of carbonyl (C=O) groups excluding carboxylic acids is 1. The average molecular weight is 410 g/mol. The number of hydrogen-bond donors (Lipinski definition) is 2. The first-order valence-electron chi connectivity index (χ1n) is 7.96. The van der Waals surface area contributed by atoms with Crippen LogP contribution < -0.4 is 5.43 Å². The number of phenolic OH excluding ortho intramolecular Hbond substituents is 1. The Morgan fingerprint density at radius 3 is 2.48 bits per heavy atom. The molecule has 2 aromatic carbocycles. The van der Waals surface area contributed by atoms with Crippen LogP contribution in [0.25, 0.3) is 0 Å². The van der Waals surface area contributed by atoms with Crippen molar-refractivity contribution in [1.29, 1.82) is 0 Å². The number of halogens is 1. The van der Waals surface area contributed by atoms with Crippen LogP contribution in [0.4, 0.5) is 0 Å². The van der Waals surface area contributed by atoms with E-state index in [2.05, 4.69) is 10.5 Å². The summed E-state index contributed by atoms with van der Waals surface area (Å²) in [6, 6.07) is 10.7. The molecule has 2 rings (SSSR count). The number of amides is 1. The Balaban J connectivity index is 2.06. The highest BCUT2D eigenvalue weighted by Crippen LogP contribution is 2.19. The Morgan fingerprint density at radius 2 is 1.85 bits per heavy atom. The van der Waals surface area contributed by atoms with Crippen LogP contribution in [-0.2, 0) is 14.8 Å². The summed E-state index contributed by atoms with van der Waals surface area (Å²) in [5, 5.41) is 14.2. The zero-order valence-electron chi connectivity index (χ0n) is 15.1. The Morgan fingerprint density at radius 1 is 1.22 bits per heavy atom. The van der Waals surface area contributed by atoms with Gasteiger partial charge in [0.15, 0.2) is 0 Å². The van der Waals surface area contributed by atoms with E-state index in [1.165, 1.54) is 37.4 Å². The molecule has 7 nitrogen and oxygen atoms in total. The maximum Gasteiger partial charge on any atom is 0.255 e. The van der Waals surface area contributed by atoms with Gasteiger partial charge in [-0.2, -0.15) is 9.41 Å². The normalized spacial score (nSPS) is 12.3. The van der Waals surface area contributed by atoms with Crippen LogP contribution in [0.1, 0.15) is 18.1 Å². The number of aromatic hydroxyl groups is 1. The predicted molar refractivity (Wildman–Crippen MR) is 104 cm³/mol. The SMILES string of the molecule is C/C(=N\NC(=O)CN(C)S(=O)(=O)c1ccc(Cl)cc1)c1cc(C)ccc1O. The number of hydrogen-bond acceptors (Lipinski definition) is 5. The number of carbonyl (C=O) groups is 1. The first-order chi connectivity index (χ1) is 12.6. The number of phenols is 1. The lowest BCUT2D eigenvalue weighted by molar-refractivity contribution is -0.121. The Labute approximate surface area is 163 Å². The quantitative estimate of drug-likeness (QED) is 0.565. The molecule has 0 aliphatic heterocycles. The van der Waals surface area contributed by atoms with Crippen LogP contribution in [0.5, 0.6) is 5.75 Å². The fraction of sp³-hybridized carbons (Fsp3) is 0.222. The molecule has 0 aliphatic rings. The lowest BCUT2D eigenvalue weighted by Crippen LogP contribution is -2.36. The van der Waals surface area contributed by atoms with Gasteiger partial charge in [-0.15, -0.1) is 0 Å². The molecule has 2 N–H and O–H groups in total. The summed E-state index contributed by atoms with van der Waals surface area (Å²) in [6.45, 7) is 3.08. The van der Waals surface area contributed by atoms with Gasteiger partial charge in [0.1, 0.15) is 5.75 Å². The lowest BCUT2D eigenvalue weighted by atomic mass is 10.1. The van der Waals surface area contributed by atoms with Crippen LogP contribution in [0.15, 0.2) is 52.5 Å². The van der Waals surface area contributed by atoms with Gasteiger partial charge in [-0.1, -0.05) is 23.2 Å². The van der Waals surface area contributed by atoms with Crippen molar-refractivity contribution in [3.05, 3.63) is 58.6 Å². The van der Waals surface area contributed by atoms with Crippen LogP contribution in [0.3, 0.4) is 0 Å². The molecule has 0 bridgehead atoms. The molecule has 27 heavy (non-hydrogen) atoms. The van der Waals surface area contributed by atoms with Crippen LogP contribution in [0, 0.1) is 6.92 Å². The topological polar surface area (TPSA) is 99.1 Å². The number of nitrogens with one attached hydrogen (secondary N) is 1. The summed E-state index contributed by atoms with van der Waals surface area (Å²) in [5.41, 5.74) is 4.11. The van der Waals surface area contributed by atoms with Gasteiger partial charge in [0.25, 0.3) is 5.91 Å². The van der Waals surface area contributed by atoms with Gasteiger partial charge in [0.05, 0.1) is 17.2 Å². The molecule has 144 valence electrons. The second kappa shape index (κ2) is 8.51. The molecule has 0 spiro atoms. The van der Waals surface area contributed by atoms with Crippen molar-refractivity contribution in [3.63, 3.8) is 0 Å². The van der Waals surface area contributed by atoms with Crippen molar-refractivity contribution >= 4 is 33.2 Å². The summed E-state index contributed by atoms with van der Waals surface area (Å²) in [7, 11) is -2.53. The van der Waals surface area contributed by atoms with Gasteiger partial charge in [-0.05, 0) is 50.2 Å². The third-order valence-corrected chi connectivity index (χ3v) is 5.85. The first kappa shape index (κ1) is 20.9. The summed E-state index contributed by atoms with van der Waals surface area (Å²) in [4.78, 5) is 12.1. The van der Waals surface area contributed by atoms with Crippen LogP contribution >= 0.6 is 11.6 Å². The van der Waals surface area contributed by atoms with Crippen molar-refractivity contribution in [1.82, 2.24) is 9.73 Å². The maximum atomic E-state index is 12.5. The third kappa shape index (κ3) is 5.29. The molecule has 2 aromatic rings. The van der Waals surface area contributed by atoms with Crippen molar-refractivity contribution in [3.8, 4) is 5.75 Å². The van der Waals surface area contributed by atoms with Gasteiger partial charge in [-0.3, -0.25) is 4.79 Å². The number of nitrogens with zero attached hydrogens (tertiary/aromatic N) is 2. The molecule has 0 heterocycles. The number of benzene rings is 2. The van der Waals surface area contributed by atoms with Crippen molar-refractivity contribution < 1.29 is 18.3 Å². The van der Waals surface area contributed by atoms with Gasteiger partial charge >= 0.3 is 0 Å². The zero-order chi connectivity index (χ0) is 20.2. The number of sulfonamides is 1. The molecular weight excluding hydrogens is 390 g/mol. The minimum absolute atomic E-state index is 0.0339. The zero-order valence-corrected chi connectivity index (χ0v) is 16.7. The van der Waals surface area contributed by atoms with Crippen LogP contribution in [-0.4, -0.2) is 43.0 Å². The van der Waals surface area contributed by atoms with Gasteiger partial charge in [0, 0.05) is 17.6 Å². The van der Waals surface area contributed by atoms with E-state index in [-0.39, 0.29) is 10.6 Å². The molecule has 0 unspecified atom stereocenters. The standard InChI is InChI=1S/C18H20ClN3O4S/c1-12-4-9-17(23)16(10-12)13(2)20-21-18(24)11-22(3)27(25,26)15-7-5-14(19)6-8-15/h4-10,23H,11H2,1-3H3,(H,21,24)/b20-13+. The van der Waals surface area contributed by atoms with E-state index >= 15 is 0 Å². The molecule has 0 saturated heterocycles. The highest BCUT2D eigenvalue weighted by Gasteiger charge is 2.22. The molecule has 0 fully saturated rings. The van der Waals surface area contributed by atoms with E-state index < -0.39 is 22.5 Å². The number of rotatable bonds is 6. The van der Waals surface area contributed by atoms with Gasteiger partial charge in [-0.25, -0.2) is 13.8 Å². The monoisotopic (exact) mass is 409 g/mol. The second-order valence-electron chi connectivity index (χ2n) is 5.97. The minimum atomic E-state index is -3.83. The molecule has 0 atom stereocenters. The van der Waals surface area contributed by atoms with E-state index in [4.69, 9.17) is 11.6 Å². The molecule has 0 aliphatic carbocycles. The Kier molecular flexibility index (Phi) is 6.59. The van der Waals surface area contributed by atoms with Crippen LogP contribution in [0.2, 0.25) is 5.02 Å². The first-order valence-corrected chi connectivity index (χ1v) is 9.78. The molecule has 9 heteroatoms. The smallest absolute Gasteiger partial charge is 0.255 e. The van der Waals surface area contributed by atoms with Crippen molar-refractivity contribution in [2.45, 2.75) is 18.7 Å². The summed E-state index contributed by atoms with van der Waals surface area (Å²) < 4.78 is 25.8. The summed E-state index contributed by atoms with van der Waals surface area (Å²) >= 11 is 5.76. The average Bonchev–Trinajstić information content (AvgIpc) is 2.62. The van der Waals surface area contributed by atoms with Gasteiger partial charge in [0.2, 0.25) is 10.0 Å². The number of hydrazone groups is 1. The highest BCUT2D eigenvalue weighted by molar-refractivity contribution is 7.89. The summed E-state index contributed by atoms with van der Waals surface area (Å²) in [5.74, 6) is -0.569. The van der Waals surface area contributed by atoms with Gasteiger partial charge < -0.3 is 5.11 Å². The molecular formula is C18H20ClN3O4S. The predicted octanol–water partition coefficient (Wildman–Crippen LogP) is 2.51. The Hall–Kier alpha value is -2.42. The molecule has 0 radical (unpaired) electrons. The fourth-order valence-electron chi connectivity index (χ4n) is 2.26. The second-order valence-corrected chi connectivity index (χ2v) is 8.45. The minimum Gasteiger partial charge on any atom is -0.507 e. The number of likely N-dealkylation sites (N-methyl/N-ethyl adjacent to an activating group) is 1. The largest absolute Gasteiger partial charge is 0.507 e. The highest BCUT2D eigenvalue weighted by atomic mass is 35.5. The van der Waals surface area contributed by atoms with E-state index in [1.54, 1.807) is 19.1 Å². The van der Waals surface area contributed by atoms with E-state index in [9.17, 15) is 18.3 Å². The van der Waals surface area contributed by atoms with Crippen molar-refractivity contribution in [2.24, 2.45) is 5.10 Å². The molecule has 0 saturated carbocycles. The third-order valence-electron chi connectivity index (χ3n) is 3.78.